The number of halogens is 1. The second-order valence-corrected chi connectivity index (χ2v) is 6.48. The van der Waals surface area contributed by atoms with Crippen LogP contribution in [0, 0.1) is 0 Å². The first kappa shape index (κ1) is 19.0. The lowest BCUT2D eigenvalue weighted by atomic mass is 10.0. The molecule has 138 valence electrons. The van der Waals surface area contributed by atoms with E-state index in [9.17, 15) is 9.90 Å². The fourth-order valence-electron chi connectivity index (χ4n) is 2.59. The molecule has 0 aliphatic heterocycles. The minimum Gasteiger partial charge on any atom is -0.491 e. The number of aliphatic hydroxyl groups is 1. The molecule has 5 heteroatoms. The molecule has 3 aromatic carbocycles. The van der Waals surface area contributed by atoms with Gasteiger partial charge in [-0.25, -0.2) is 0 Å². The number of carbonyl (C=O) groups is 1. The van der Waals surface area contributed by atoms with E-state index in [1.54, 1.807) is 42.5 Å². The van der Waals surface area contributed by atoms with Crippen molar-refractivity contribution in [2.24, 2.45) is 0 Å². The second kappa shape index (κ2) is 9.21. The normalized spacial score (nSPS) is 11.6. The van der Waals surface area contributed by atoms with E-state index in [0.29, 0.717) is 27.6 Å². The van der Waals surface area contributed by atoms with Crippen LogP contribution in [0.4, 0.5) is 5.69 Å². The number of benzene rings is 3. The smallest absolute Gasteiger partial charge is 0.195 e. The number of rotatable bonds is 8. The highest BCUT2D eigenvalue weighted by Crippen LogP contribution is 2.20. The molecule has 0 heterocycles. The van der Waals surface area contributed by atoms with Crippen molar-refractivity contribution in [3.63, 3.8) is 0 Å². The highest BCUT2D eigenvalue weighted by Gasteiger charge is 2.14. The quantitative estimate of drug-likeness (QED) is 0.567. The topological polar surface area (TPSA) is 58.6 Å². The molecule has 1 atom stereocenters. The van der Waals surface area contributed by atoms with Crippen molar-refractivity contribution >= 4 is 23.1 Å². The van der Waals surface area contributed by atoms with Gasteiger partial charge in [-0.05, 0) is 36.4 Å². The maximum Gasteiger partial charge on any atom is 0.195 e. The number of carbonyl (C=O) groups excluding carboxylic acids is 1. The number of hydrogen-bond donors (Lipinski definition) is 2. The lowest BCUT2D eigenvalue weighted by molar-refractivity contribution is 0.103. The van der Waals surface area contributed by atoms with Crippen molar-refractivity contribution in [2.45, 2.75) is 6.10 Å². The molecule has 0 saturated carbocycles. The van der Waals surface area contributed by atoms with E-state index in [1.807, 2.05) is 36.4 Å². The molecule has 0 amide bonds. The van der Waals surface area contributed by atoms with Gasteiger partial charge in [-0.1, -0.05) is 54.1 Å². The fourth-order valence-corrected chi connectivity index (χ4v) is 2.72. The lowest BCUT2D eigenvalue weighted by Crippen LogP contribution is -2.27. The van der Waals surface area contributed by atoms with Crippen molar-refractivity contribution in [3.8, 4) is 5.75 Å². The van der Waals surface area contributed by atoms with Gasteiger partial charge in [0.05, 0.1) is 0 Å². The average molecular weight is 382 g/mol. The van der Waals surface area contributed by atoms with Gasteiger partial charge in [0.1, 0.15) is 18.5 Å². The van der Waals surface area contributed by atoms with E-state index < -0.39 is 6.10 Å². The zero-order valence-corrected chi connectivity index (χ0v) is 15.4. The summed E-state index contributed by atoms with van der Waals surface area (Å²) < 4.78 is 5.54. The van der Waals surface area contributed by atoms with E-state index in [4.69, 9.17) is 16.3 Å². The average Bonchev–Trinajstić information content (AvgIpc) is 2.72. The molecule has 27 heavy (non-hydrogen) atoms. The summed E-state index contributed by atoms with van der Waals surface area (Å²) in [5.41, 5.74) is 1.87. The molecule has 0 aliphatic carbocycles. The van der Waals surface area contributed by atoms with Crippen LogP contribution < -0.4 is 10.1 Å². The lowest BCUT2D eigenvalue weighted by Gasteiger charge is -2.16. The van der Waals surface area contributed by atoms with Gasteiger partial charge >= 0.3 is 0 Å². The van der Waals surface area contributed by atoms with Gasteiger partial charge in [-0.3, -0.25) is 4.79 Å². The molecular weight excluding hydrogens is 362 g/mol. The van der Waals surface area contributed by atoms with Crippen LogP contribution in [0.2, 0.25) is 5.02 Å². The van der Waals surface area contributed by atoms with Gasteiger partial charge in [0, 0.05) is 28.4 Å². The van der Waals surface area contributed by atoms with E-state index in [2.05, 4.69) is 5.32 Å². The van der Waals surface area contributed by atoms with Crippen LogP contribution in [-0.4, -0.2) is 30.1 Å². The second-order valence-electron chi connectivity index (χ2n) is 6.04. The predicted molar refractivity (Wildman–Crippen MR) is 108 cm³/mol. The van der Waals surface area contributed by atoms with Crippen LogP contribution in [0.15, 0.2) is 78.9 Å². The predicted octanol–water partition coefficient (Wildman–Crippen LogP) is 4.42. The van der Waals surface area contributed by atoms with Gasteiger partial charge in [-0.15, -0.1) is 0 Å². The zero-order chi connectivity index (χ0) is 19.1. The van der Waals surface area contributed by atoms with Crippen LogP contribution in [0.1, 0.15) is 15.9 Å². The highest BCUT2D eigenvalue weighted by molar-refractivity contribution is 6.30. The molecule has 0 spiro atoms. The minimum absolute atomic E-state index is 0.0643. The van der Waals surface area contributed by atoms with E-state index in [0.717, 1.165) is 0 Å². The number of ketones is 1. The summed E-state index contributed by atoms with van der Waals surface area (Å²) in [5.74, 6) is 0.573. The number of ether oxygens (including phenoxy) is 1. The van der Waals surface area contributed by atoms with Crippen LogP contribution in [0.3, 0.4) is 0 Å². The summed E-state index contributed by atoms with van der Waals surface area (Å²) in [6.45, 7) is 0.385. The third kappa shape index (κ3) is 5.33. The molecule has 3 rings (SSSR count). The molecule has 0 radical (unpaired) electrons. The highest BCUT2D eigenvalue weighted by atomic mass is 35.5. The molecular formula is C22H20ClNO3. The van der Waals surface area contributed by atoms with Gasteiger partial charge in [0.15, 0.2) is 5.78 Å². The number of hydrogen-bond acceptors (Lipinski definition) is 4. The first-order chi connectivity index (χ1) is 13.1. The van der Waals surface area contributed by atoms with Crippen molar-refractivity contribution in [1.82, 2.24) is 0 Å². The van der Waals surface area contributed by atoms with Crippen molar-refractivity contribution < 1.29 is 14.6 Å². The largest absolute Gasteiger partial charge is 0.491 e. The summed E-state index contributed by atoms with van der Waals surface area (Å²) in [4.78, 5) is 12.7. The Kier molecular flexibility index (Phi) is 6.47. The number of aliphatic hydroxyl groups excluding tert-OH is 1. The summed E-state index contributed by atoms with van der Waals surface area (Å²) in [6, 6.07) is 23.3. The van der Waals surface area contributed by atoms with Crippen LogP contribution >= 0.6 is 11.6 Å². The molecule has 4 nitrogen and oxygen atoms in total. The number of para-hydroxylation sites is 1. The summed E-state index contributed by atoms with van der Waals surface area (Å²) in [6.07, 6.45) is -0.736. The monoisotopic (exact) mass is 381 g/mol. The number of anilines is 1. The zero-order valence-electron chi connectivity index (χ0n) is 14.6. The van der Waals surface area contributed by atoms with Crippen LogP contribution in [0.5, 0.6) is 5.75 Å². The van der Waals surface area contributed by atoms with Crippen LogP contribution in [-0.2, 0) is 0 Å². The Morgan fingerprint density at radius 3 is 2.37 bits per heavy atom. The molecule has 1 unspecified atom stereocenters. The van der Waals surface area contributed by atoms with Crippen molar-refractivity contribution in [2.75, 3.05) is 18.5 Å². The Hall–Kier alpha value is -2.82. The Balaban J connectivity index is 1.59. The molecule has 0 saturated heterocycles. The Morgan fingerprint density at radius 2 is 1.63 bits per heavy atom. The molecule has 2 N–H and O–H groups in total. The minimum atomic E-state index is -0.736. The van der Waals surface area contributed by atoms with Crippen molar-refractivity contribution in [1.29, 1.82) is 0 Å². The summed E-state index contributed by atoms with van der Waals surface area (Å²) in [5, 5.41) is 13.9. The van der Waals surface area contributed by atoms with E-state index in [1.165, 1.54) is 0 Å². The summed E-state index contributed by atoms with van der Waals surface area (Å²) in [7, 11) is 0. The van der Waals surface area contributed by atoms with Gasteiger partial charge in [-0.2, -0.15) is 0 Å². The van der Waals surface area contributed by atoms with Gasteiger partial charge in [0.25, 0.3) is 0 Å². The number of nitrogens with one attached hydrogen (secondary N) is 1. The Bertz CT molecular complexity index is 882. The molecule has 0 aromatic heterocycles. The SMILES string of the molecule is O=C(c1ccccc1)c1ccccc1NCC(O)COc1ccc(Cl)cc1. The Labute approximate surface area is 163 Å². The molecule has 0 aliphatic rings. The van der Waals surface area contributed by atoms with Gasteiger partial charge in [0.2, 0.25) is 0 Å². The van der Waals surface area contributed by atoms with Gasteiger partial charge < -0.3 is 15.2 Å². The summed E-state index contributed by atoms with van der Waals surface area (Å²) >= 11 is 5.83. The fraction of sp³-hybridized carbons (Fsp3) is 0.136. The first-order valence-corrected chi connectivity index (χ1v) is 9.00. The van der Waals surface area contributed by atoms with E-state index >= 15 is 0 Å². The molecule has 3 aromatic rings. The van der Waals surface area contributed by atoms with Crippen LogP contribution in [0.25, 0.3) is 0 Å². The molecule has 0 bridgehead atoms. The maximum absolute atomic E-state index is 12.7. The maximum atomic E-state index is 12.7. The third-order valence-corrected chi connectivity index (χ3v) is 4.24. The van der Waals surface area contributed by atoms with Crippen molar-refractivity contribution in [3.05, 3.63) is 95.0 Å². The molecule has 0 fully saturated rings. The Morgan fingerprint density at radius 1 is 0.963 bits per heavy atom. The third-order valence-electron chi connectivity index (χ3n) is 3.99. The van der Waals surface area contributed by atoms with E-state index in [-0.39, 0.29) is 18.9 Å². The first-order valence-electron chi connectivity index (χ1n) is 8.62. The standard InChI is InChI=1S/C22H20ClNO3/c23-17-10-12-19(13-11-17)27-15-18(25)14-24-21-9-5-4-8-20(21)22(26)16-6-2-1-3-7-16/h1-13,18,24-25H,14-15H2.